The number of hydrogen-bond donors (Lipinski definition) is 0. The summed E-state index contributed by atoms with van der Waals surface area (Å²) in [6.45, 7) is 0. The maximum atomic E-state index is 2.48. The molecule has 0 amide bonds. The fourth-order valence-corrected chi connectivity index (χ4v) is 13.6. The second-order valence-electron chi connectivity index (χ2n) is 16.8. The average molecular weight is 866 g/mol. The molecule has 0 bridgehead atoms. The van der Waals surface area contributed by atoms with Crippen LogP contribution in [0.4, 0.5) is 17.1 Å². The summed E-state index contributed by atoms with van der Waals surface area (Å²) in [7, 11) is 0. The number of benzene rings is 11. The first kappa shape index (κ1) is 36.2. The van der Waals surface area contributed by atoms with Gasteiger partial charge in [-0.15, -0.1) is 34.0 Å². The predicted octanol–water partition coefficient (Wildman–Crippen LogP) is 19.1. The van der Waals surface area contributed by atoms with Crippen LogP contribution in [-0.2, 0) is 0 Å². The number of fused-ring (bicyclic) bond motifs is 15. The van der Waals surface area contributed by atoms with E-state index in [-0.39, 0.29) is 0 Å². The fourth-order valence-electron chi connectivity index (χ4n) is 10.3. The molecule has 0 aliphatic carbocycles. The van der Waals surface area contributed by atoms with Crippen LogP contribution in [-0.4, -0.2) is 0 Å². The molecule has 0 N–H and O–H groups in total. The highest BCUT2D eigenvalue weighted by Gasteiger charge is 2.21. The highest BCUT2D eigenvalue weighted by Crippen LogP contribution is 2.48. The molecule has 0 aliphatic heterocycles. The first-order valence-corrected chi connectivity index (χ1v) is 24.2. The van der Waals surface area contributed by atoms with Crippen LogP contribution in [0.2, 0.25) is 0 Å². The lowest BCUT2D eigenvalue weighted by Gasteiger charge is -2.27. The molecule has 0 radical (unpaired) electrons. The molecule has 0 unspecified atom stereocenters. The van der Waals surface area contributed by atoms with Gasteiger partial charge >= 0.3 is 0 Å². The van der Waals surface area contributed by atoms with Crippen LogP contribution in [0, 0.1) is 0 Å². The minimum Gasteiger partial charge on any atom is -0.310 e. The minimum absolute atomic E-state index is 1.12. The summed E-state index contributed by atoms with van der Waals surface area (Å²) >= 11 is 5.61. The quantitative estimate of drug-likeness (QED) is 0.156. The van der Waals surface area contributed by atoms with Crippen LogP contribution in [0.15, 0.2) is 212 Å². The van der Waals surface area contributed by atoms with Crippen molar-refractivity contribution in [1.29, 1.82) is 0 Å². The van der Waals surface area contributed by atoms with Crippen molar-refractivity contribution in [3.8, 4) is 22.3 Å². The van der Waals surface area contributed by atoms with Crippen LogP contribution >= 0.6 is 34.0 Å². The Kier molecular flexibility index (Phi) is 7.96. The van der Waals surface area contributed by atoms with E-state index in [1.165, 1.54) is 121 Å². The van der Waals surface area contributed by atoms with Crippen molar-refractivity contribution >= 4 is 144 Å². The Labute approximate surface area is 380 Å². The Morgan fingerprint density at radius 2 is 0.672 bits per heavy atom. The molecule has 0 spiro atoms. The van der Waals surface area contributed by atoms with Crippen molar-refractivity contribution in [2.24, 2.45) is 0 Å². The van der Waals surface area contributed by atoms with E-state index in [9.17, 15) is 0 Å². The summed E-state index contributed by atoms with van der Waals surface area (Å²) in [5.74, 6) is 0. The molecular weight excluding hydrogens is 831 g/mol. The van der Waals surface area contributed by atoms with Crippen LogP contribution in [0.5, 0.6) is 0 Å². The molecule has 0 saturated carbocycles. The zero-order valence-electron chi connectivity index (χ0n) is 34.4. The number of hydrogen-bond acceptors (Lipinski definition) is 4. The summed E-state index contributed by atoms with van der Waals surface area (Å²) in [5.41, 5.74) is 8.32. The lowest BCUT2D eigenvalue weighted by Crippen LogP contribution is -2.10. The maximum Gasteiger partial charge on any atom is 0.0554 e. The first-order valence-electron chi connectivity index (χ1n) is 21.7. The molecule has 11 aromatic carbocycles. The third kappa shape index (κ3) is 5.47. The third-order valence-corrected chi connectivity index (χ3v) is 16.7. The van der Waals surface area contributed by atoms with Gasteiger partial charge in [-0.1, -0.05) is 127 Å². The smallest absolute Gasteiger partial charge is 0.0554 e. The van der Waals surface area contributed by atoms with E-state index in [1.807, 2.05) is 34.0 Å². The SMILES string of the molecule is c1ccc2c(c1)sc1ccc(-c3cc4c5ccccc5c5ccccc5c4cc3-c3ccc(N(c4ccc5sc6ccccc6c5c4)c4cccc5sc6ccccc6c45)cc3)cc12. The van der Waals surface area contributed by atoms with E-state index >= 15 is 0 Å². The van der Waals surface area contributed by atoms with Crippen molar-refractivity contribution in [3.05, 3.63) is 212 Å². The monoisotopic (exact) mass is 865 g/mol. The molecule has 3 aromatic heterocycles. The van der Waals surface area contributed by atoms with E-state index in [4.69, 9.17) is 0 Å². The van der Waals surface area contributed by atoms with Gasteiger partial charge in [-0.2, -0.15) is 0 Å². The highest BCUT2D eigenvalue weighted by atomic mass is 32.1. The van der Waals surface area contributed by atoms with Crippen LogP contribution < -0.4 is 4.90 Å². The van der Waals surface area contributed by atoms with E-state index in [0.29, 0.717) is 0 Å². The Hall–Kier alpha value is -7.34. The van der Waals surface area contributed by atoms with Gasteiger partial charge in [0.05, 0.1) is 5.69 Å². The number of anilines is 3. The van der Waals surface area contributed by atoms with Gasteiger partial charge in [-0.05, 0) is 140 Å². The van der Waals surface area contributed by atoms with Crippen molar-refractivity contribution in [1.82, 2.24) is 0 Å². The Morgan fingerprint density at radius 3 is 1.30 bits per heavy atom. The molecule has 4 heteroatoms. The standard InChI is InChI=1S/C60H35NS3/c1-3-14-42-40(12-1)41-13-2-4-15-43(41)50-35-48(37-26-30-57-51(32-37)44-16-5-8-20-54(44)62-57)47(34-49(42)50)36-24-27-38(28-25-36)61(39-29-31-58-52(33-39)45-17-6-9-21-55(45)63-58)53-19-11-23-59-60(53)46-18-7-10-22-56(46)64-59/h1-35H. The fraction of sp³-hybridized carbons (Fsp3) is 0. The second-order valence-corrected chi connectivity index (χ2v) is 20.0. The van der Waals surface area contributed by atoms with Gasteiger partial charge in [-0.25, -0.2) is 0 Å². The molecule has 0 atom stereocenters. The molecule has 3 heterocycles. The van der Waals surface area contributed by atoms with Crippen LogP contribution in [0.25, 0.3) is 115 Å². The predicted molar refractivity (Wildman–Crippen MR) is 283 cm³/mol. The molecule has 64 heavy (non-hydrogen) atoms. The van der Waals surface area contributed by atoms with Crippen molar-refractivity contribution in [2.75, 3.05) is 4.90 Å². The van der Waals surface area contributed by atoms with E-state index in [1.54, 1.807) is 0 Å². The molecule has 0 fully saturated rings. The van der Waals surface area contributed by atoms with Gasteiger partial charge < -0.3 is 4.90 Å². The van der Waals surface area contributed by atoms with Gasteiger partial charge in [0, 0.05) is 71.9 Å². The van der Waals surface area contributed by atoms with Crippen molar-refractivity contribution in [2.45, 2.75) is 0 Å². The zero-order valence-corrected chi connectivity index (χ0v) is 36.8. The first-order chi connectivity index (χ1) is 31.7. The van der Waals surface area contributed by atoms with Gasteiger partial charge in [-0.3, -0.25) is 0 Å². The largest absolute Gasteiger partial charge is 0.310 e. The van der Waals surface area contributed by atoms with Gasteiger partial charge in [0.2, 0.25) is 0 Å². The minimum atomic E-state index is 1.12. The van der Waals surface area contributed by atoms with Gasteiger partial charge in [0.15, 0.2) is 0 Å². The molecule has 0 saturated heterocycles. The average Bonchev–Trinajstić information content (AvgIpc) is 4.05. The summed E-state index contributed by atoms with van der Waals surface area (Å²) < 4.78 is 7.85. The maximum absolute atomic E-state index is 2.48. The number of rotatable bonds is 5. The molecule has 14 aromatic rings. The van der Waals surface area contributed by atoms with Crippen molar-refractivity contribution in [3.63, 3.8) is 0 Å². The molecule has 0 aliphatic rings. The Balaban J connectivity index is 1.01. The summed E-state index contributed by atoms with van der Waals surface area (Å²) in [4.78, 5) is 2.48. The van der Waals surface area contributed by atoms with E-state index in [2.05, 4.69) is 217 Å². The molecule has 1 nitrogen and oxygen atoms in total. The van der Waals surface area contributed by atoms with Crippen LogP contribution in [0.3, 0.4) is 0 Å². The topological polar surface area (TPSA) is 3.24 Å². The Bertz CT molecular complexity index is 4210. The number of nitrogens with zero attached hydrogens (tertiary/aromatic N) is 1. The Morgan fingerprint density at radius 1 is 0.250 bits per heavy atom. The molecule has 298 valence electrons. The van der Waals surface area contributed by atoms with Crippen molar-refractivity contribution < 1.29 is 0 Å². The molecule has 14 rings (SSSR count). The zero-order chi connectivity index (χ0) is 41.9. The highest BCUT2D eigenvalue weighted by molar-refractivity contribution is 7.26. The van der Waals surface area contributed by atoms with Gasteiger partial charge in [0.1, 0.15) is 0 Å². The number of thiophene rings is 3. The van der Waals surface area contributed by atoms with E-state index < -0.39 is 0 Å². The summed E-state index contributed by atoms with van der Waals surface area (Å²) in [6.07, 6.45) is 0. The second kappa shape index (κ2) is 14.1. The lowest BCUT2D eigenvalue weighted by atomic mass is 9.87. The van der Waals surface area contributed by atoms with Gasteiger partial charge in [0.25, 0.3) is 0 Å². The lowest BCUT2D eigenvalue weighted by molar-refractivity contribution is 1.31. The summed E-state index contributed by atoms with van der Waals surface area (Å²) in [6, 6.07) is 79.4. The summed E-state index contributed by atoms with van der Waals surface area (Å²) in [5, 5.41) is 15.5. The normalized spacial score (nSPS) is 12.1. The third-order valence-electron chi connectivity index (χ3n) is 13.2. The molecular formula is C60H35NS3. The van der Waals surface area contributed by atoms with E-state index in [0.717, 1.165) is 11.4 Å². The van der Waals surface area contributed by atoms with Crippen LogP contribution in [0.1, 0.15) is 0 Å².